The number of amides is 1. The molecule has 31 heavy (non-hydrogen) atoms. The fourth-order valence-corrected chi connectivity index (χ4v) is 5.17. The summed E-state index contributed by atoms with van der Waals surface area (Å²) in [5.74, 6) is 0.504. The number of rotatable bonds is 6. The van der Waals surface area contributed by atoms with Gasteiger partial charge in [0.15, 0.2) is 0 Å². The van der Waals surface area contributed by atoms with Crippen LogP contribution in [0.4, 0.5) is 5.69 Å². The summed E-state index contributed by atoms with van der Waals surface area (Å²) in [5, 5.41) is 5.05. The molecule has 1 saturated heterocycles. The van der Waals surface area contributed by atoms with Crippen LogP contribution in [0.15, 0.2) is 71.6 Å². The molecule has 0 bridgehead atoms. The number of anilines is 1. The zero-order chi connectivity index (χ0) is 21.8. The Kier molecular flexibility index (Phi) is 6.22. The molecule has 1 fully saturated rings. The van der Waals surface area contributed by atoms with E-state index in [-0.39, 0.29) is 17.3 Å². The van der Waals surface area contributed by atoms with Crippen LogP contribution in [0.5, 0.6) is 5.75 Å². The Morgan fingerprint density at radius 3 is 2.32 bits per heavy atom. The number of nitrogens with zero attached hydrogens (tertiary/aromatic N) is 2. The number of ether oxygens (including phenoxy) is 1. The van der Waals surface area contributed by atoms with Crippen LogP contribution in [0.1, 0.15) is 0 Å². The molecule has 0 aromatic heterocycles. The number of carbonyl (C=O) groups excluding carboxylic acids is 1. The quantitative estimate of drug-likeness (QED) is 0.639. The molecule has 0 atom stereocenters. The Morgan fingerprint density at radius 1 is 0.935 bits per heavy atom. The van der Waals surface area contributed by atoms with Crippen LogP contribution in [0.3, 0.4) is 0 Å². The van der Waals surface area contributed by atoms with Gasteiger partial charge in [-0.15, -0.1) is 0 Å². The van der Waals surface area contributed by atoms with E-state index in [4.69, 9.17) is 4.74 Å². The van der Waals surface area contributed by atoms with Crippen molar-refractivity contribution in [2.45, 2.75) is 4.90 Å². The van der Waals surface area contributed by atoms with Gasteiger partial charge in [-0.3, -0.25) is 9.69 Å². The lowest BCUT2D eigenvalue weighted by Gasteiger charge is -2.33. The third-order valence-corrected chi connectivity index (χ3v) is 7.37. The Hall–Kier alpha value is -2.94. The SMILES string of the molecule is COc1ccc(S(=O)(=O)N2CCN(CC(=O)Nc3cccc4ccccc34)CC2)cc1. The third-order valence-electron chi connectivity index (χ3n) is 5.46. The lowest BCUT2D eigenvalue weighted by Crippen LogP contribution is -2.50. The van der Waals surface area contributed by atoms with Crippen molar-refractivity contribution in [1.29, 1.82) is 0 Å². The molecule has 0 radical (unpaired) electrons. The second kappa shape index (κ2) is 9.05. The van der Waals surface area contributed by atoms with E-state index < -0.39 is 10.0 Å². The summed E-state index contributed by atoms with van der Waals surface area (Å²) in [4.78, 5) is 14.8. The summed E-state index contributed by atoms with van der Waals surface area (Å²) in [7, 11) is -2.02. The molecular weight excluding hydrogens is 414 g/mol. The number of nitrogens with one attached hydrogen (secondary N) is 1. The predicted octanol–water partition coefficient (Wildman–Crippen LogP) is 2.79. The fourth-order valence-electron chi connectivity index (χ4n) is 3.75. The van der Waals surface area contributed by atoms with Crippen molar-refractivity contribution in [2.24, 2.45) is 0 Å². The van der Waals surface area contributed by atoms with Crippen molar-refractivity contribution in [1.82, 2.24) is 9.21 Å². The number of piperazine rings is 1. The molecule has 1 amide bonds. The zero-order valence-electron chi connectivity index (χ0n) is 17.3. The minimum absolute atomic E-state index is 0.109. The van der Waals surface area contributed by atoms with Gasteiger partial charge in [0.25, 0.3) is 0 Å². The molecule has 4 rings (SSSR count). The predicted molar refractivity (Wildman–Crippen MR) is 121 cm³/mol. The van der Waals surface area contributed by atoms with Crippen molar-refractivity contribution in [3.8, 4) is 5.75 Å². The minimum atomic E-state index is -3.56. The van der Waals surface area contributed by atoms with E-state index >= 15 is 0 Å². The van der Waals surface area contributed by atoms with E-state index in [0.29, 0.717) is 31.9 Å². The smallest absolute Gasteiger partial charge is 0.243 e. The second-order valence-corrected chi connectivity index (χ2v) is 9.37. The molecule has 0 spiro atoms. The van der Waals surface area contributed by atoms with Gasteiger partial charge < -0.3 is 10.1 Å². The van der Waals surface area contributed by atoms with Crippen molar-refractivity contribution in [3.63, 3.8) is 0 Å². The number of benzene rings is 3. The molecule has 0 aliphatic carbocycles. The van der Waals surface area contributed by atoms with Crippen LogP contribution in [0.2, 0.25) is 0 Å². The summed E-state index contributed by atoms with van der Waals surface area (Å²) in [6.45, 7) is 1.90. The minimum Gasteiger partial charge on any atom is -0.497 e. The number of methoxy groups -OCH3 is 1. The van der Waals surface area contributed by atoms with Gasteiger partial charge >= 0.3 is 0 Å². The molecule has 8 heteroatoms. The van der Waals surface area contributed by atoms with Crippen LogP contribution in [0.25, 0.3) is 10.8 Å². The molecule has 0 saturated carbocycles. The van der Waals surface area contributed by atoms with Crippen molar-refractivity contribution < 1.29 is 17.9 Å². The van der Waals surface area contributed by atoms with Crippen LogP contribution >= 0.6 is 0 Å². The number of hydrogen-bond donors (Lipinski definition) is 1. The van der Waals surface area contributed by atoms with Gasteiger partial charge in [-0.1, -0.05) is 36.4 Å². The fraction of sp³-hybridized carbons (Fsp3) is 0.261. The zero-order valence-corrected chi connectivity index (χ0v) is 18.1. The largest absolute Gasteiger partial charge is 0.497 e. The van der Waals surface area contributed by atoms with E-state index in [1.165, 1.54) is 4.31 Å². The van der Waals surface area contributed by atoms with E-state index in [0.717, 1.165) is 16.5 Å². The van der Waals surface area contributed by atoms with Gasteiger partial charge in [0.2, 0.25) is 15.9 Å². The third kappa shape index (κ3) is 4.71. The monoisotopic (exact) mass is 439 g/mol. The first-order valence-electron chi connectivity index (χ1n) is 10.1. The lowest BCUT2D eigenvalue weighted by atomic mass is 10.1. The summed E-state index contributed by atoms with van der Waals surface area (Å²) in [5.41, 5.74) is 0.781. The highest BCUT2D eigenvalue weighted by atomic mass is 32.2. The Morgan fingerprint density at radius 2 is 1.61 bits per heavy atom. The maximum atomic E-state index is 12.9. The number of hydrogen-bond acceptors (Lipinski definition) is 5. The van der Waals surface area contributed by atoms with Crippen LogP contribution in [-0.4, -0.2) is 63.4 Å². The molecule has 1 aliphatic rings. The maximum Gasteiger partial charge on any atom is 0.243 e. The normalized spacial score (nSPS) is 15.6. The van der Waals surface area contributed by atoms with Crippen molar-refractivity contribution >= 4 is 32.4 Å². The molecular formula is C23H25N3O4S. The maximum absolute atomic E-state index is 12.9. The number of fused-ring (bicyclic) bond motifs is 1. The molecule has 3 aromatic carbocycles. The van der Waals surface area contributed by atoms with Gasteiger partial charge in [-0.05, 0) is 35.7 Å². The summed E-state index contributed by atoms with van der Waals surface area (Å²) in [6.07, 6.45) is 0. The first kappa shape index (κ1) is 21.3. The second-order valence-electron chi connectivity index (χ2n) is 7.43. The van der Waals surface area contributed by atoms with Gasteiger partial charge in [-0.2, -0.15) is 4.31 Å². The number of sulfonamides is 1. The molecule has 1 aliphatic heterocycles. The Labute approximate surface area is 182 Å². The van der Waals surface area contributed by atoms with Gasteiger partial charge in [0.1, 0.15) is 5.75 Å². The van der Waals surface area contributed by atoms with E-state index in [1.54, 1.807) is 31.4 Å². The standard InChI is InChI=1S/C23H25N3O4S/c1-30-19-9-11-20(12-10-19)31(28,29)26-15-13-25(14-16-26)17-23(27)24-22-8-4-6-18-5-2-3-7-21(18)22/h2-12H,13-17H2,1H3,(H,24,27). The van der Waals surface area contributed by atoms with Gasteiger partial charge in [-0.25, -0.2) is 8.42 Å². The van der Waals surface area contributed by atoms with Crippen molar-refractivity contribution in [2.75, 3.05) is 45.2 Å². The highest BCUT2D eigenvalue weighted by Crippen LogP contribution is 2.23. The molecule has 3 aromatic rings. The average Bonchev–Trinajstić information content (AvgIpc) is 2.80. The highest BCUT2D eigenvalue weighted by Gasteiger charge is 2.29. The molecule has 0 unspecified atom stereocenters. The highest BCUT2D eigenvalue weighted by molar-refractivity contribution is 7.89. The topological polar surface area (TPSA) is 79.0 Å². The van der Waals surface area contributed by atoms with Crippen molar-refractivity contribution in [3.05, 3.63) is 66.7 Å². The van der Waals surface area contributed by atoms with E-state index in [9.17, 15) is 13.2 Å². The van der Waals surface area contributed by atoms with E-state index in [2.05, 4.69) is 5.32 Å². The van der Waals surface area contributed by atoms with Crippen LogP contribution in [-0.2, 0) is 14.8 Å². The van der Waals surface area contributed by atoms with Gasteiger partial charge in [0.05, 0.1) is 18.6 Å². The first-order chi connectivity index (χ1) is 15.0. The summed E-state index contributed by atoms with van der Waals surface area (Å²) >= 11 is 0. The van der Waals surface area contributed by atoms with E-state index in [1.807, 2.05) is 47.4 Å². The number of carbonyl (C=O) groups is 1. The lowest BCUT2D eigenvalue weighted by molar-refractivity contribution is -0.117. The average molecular weight is 440 g/mol. The Bertz CT molecular complexity index is 1170. The summed E-state index contributed by atoms with van der Waals surface area (Å²) in [6, 6.07) is 20.1. The summed E-state index contributed by atoms with van der Waals surface area (Å²) < 4.78 is 32.3. The van der Waals surface area contributed by atoms with Crippen LogP contribution in [0, 0.1) is 0 Å². The first-order valence-corrected chi connectivity index (χ1v) is 11.6. The molecule has 162 valence electrons. The molecule has 1 N–H and O–H groups in total. The molecule has 7 nitrogen and oxygen atoms in total. The van der Waals surface area contributed by atoms with Gasteiger partial charge in [0, 0.05) is 37.3 Å². The Balaban J connectivity index is 1.35. The molecule has 1 heterocycles. The van der Waals surface area contributed by atoms with Crippen LogP contribution < -0.4 is 10.1 Å².